The van der Waals surface area contributed by atoms with E-state index < -0.39 is 11.2 Å². The molecule has 1 heterocycles. The second kappa shape index (κ2) is 10.6. The predicted octanol–water partition coefficient (Wildman–Crippen LogP) is 2.17. The van der Waals surface area contributed by atoms with Gasteiger partial charge >= 0.3 is 5.69 Å². The van der Waals surface area contributed by atoms with E-state index in [0.29, 0.717) is 19.1 Å². The van der Waals surface area contributed by atoms with Gasteiger partial charge in [-0.1, -0.05) is 47.0 Å². The van der Waals surface area contributed by atoms with E-state index in [1.807, 2.05) is 20.8 Å². The second-order valence-electron chi connectivity index (χ2n) is 8.40. The van der Waals surface area contributed by atoms with Crippen LogP contribution in [0.15, 0.2) is 9.59 Å². The maximum Gasteiger partial charge on any atom is 0.330 e. The Labute approximate surface area is 173 Å². The molecule has 1 aliphatic carbocycles. The third-order valence-corrected chi connectivity index (χ3v) is 5.65. The summed E-state index contributed by atoms with van der Waals surface area (Å²) in [5.41, 5.74) is 5.24. The van der Waals surface area contributed by atoms with E-state index in [2.05, 4.69) is 16.8 Å². The molecule has 0 bridgehead atoms. The fraction of sp³-hybridized carbons (Fsp3) is 0.762. The number of amides is 1. The summed E-state index contributed by atoms with van der Waals surface area (Å²) in [4.78, 5) is 44.3. The van der Waals surface area contributed by atoms with Gasteiger partial charge in [0.25, 0.3) is 5.56 Å². The molecule has 1 aromatic rings. The van der Waals surface area contributed by atoms with Crippen LogP contribution in [0.2, 0.25) is 0 Å². The number of nitrogen functional groups attached to an aromatic ring is 1. The van der Waals surface area contributed by atoms with Crippen molar-refractivity contribution in [1.82, 2.24) is 14.5 Å². The Morgan fingerprint density at radius 3 is 2.45 bits per heavy atom. The Balaban J connectivity index is 2.39. The lowest BCUT2D eigenvalue weighted by Gasteiger charge is -2.31. The van der Waals surface area contributed by atoms with Gasteiger partial charge in [-0.05, 0) is 31.7 Å². The van der Waals surface area contributed by atoms with Crippen molar-refractivity contribution in [3.63, 3.8) is 0 Å². The lowest BCUT2D eigenvalue weighted by molar-refractivity contribution is -0.120. The van der Waals surface area contributed by atoms with Crippen LogP contribution in [0.3, 0.4) is 0 Å². The first kappa shape index (κ1) is 23.2. The largest absolute Gasteiger partial charge is 0.383 e. The molecule has 164 valence electrons. The second-order valence-corrected chi connectivity index (χ2v) is 8.40. The van der Waals surface area contributed by atoms with Gasteiger partial charge < -0.3 is 10.6 Å². The van der Waals surface area contributed by atoms with Crippen molar-refractivity contribution in [3.05, 3.63) is 20.8 Å². The van der Waals surface area contributed by atoms with Crippen molar-refractivity contribution in [2.24, 2.45) is 5.92 Å². The minimum Gasteiger partial charge on any atom is -0.383 e. The molecule has 8 heteroatoms. The number of nitrogens with one attached hydrogen (secondary N) is 1. The summed E-state index contributed by atoms with van der Waals surface area (Å²) in [6, 6.07) is 0.419. The summed E-state index contributed by atoms with van der Waals surface area (Å²) in [5.74, 6) is 0.103. The van der Waals surface area contributed by atoms with Gasteiger partial charge in [-0.25, -0.2) is 4.79 Å². The number of aromatic amines is 1. The van der Waals surface area contributed by atoms with Gasteiger partial charge in [-0.15, -0.1) is 0 Å². The number of carbonyl (C=O) groups excluding carboxylic acids is 1. The Bertz CT molecular complexity index is 792. The molecule has 0 aliphatic heterocycles. The number of likely N-dealkylation sites (N-methyl/N-ethyl adjacent to an activating group) is 1. The maximum atomic E-state index is 13.3. The van der Waals surface area contributed by atoms with Crippen molar-refractivity contribution in [3.8, 4) is 0 Å². The lowest BCUT2D eigenvalue weighted by Crippen LogP contribution is -2.47. The molecule has 1 fully saturated rings. The molecule has 0 unspecified atom stereocenters. The molecule has 0 aromatic carbocycles. The molecule has 1 amide bonds. The molecular weight excluding hydrogens is 370 g/mol. The minimum absolute atomic E-state index is 0.0702. The number of nitrogens with zero attached hydrogens (tertiary/aromatic N) is 3. The molecule has 8 nitrogen and oxygen atoms in total. The normalized spacial score (nSPS) is 14.8. The Kier molecular flexibility index (Phi) is 8.49. The number of hydrogen-bond donors (Lipinski definition) is 2. The van der Waals surface area contributed by atoms with Crippen LogP contribution in [-0.4, -0.2) is 46.0 Å². The van der Waals surface area contributed by atoms with E-state index in [9.17, 15) is 14.4 Å². The number of H-pyrrole nitrogens is 1. The quantitative estimate of drug-likeness (QED) is 0.618. The zero-order valence-electron chi connectivity index (χ0n) is 18.4. The number of aromatic nitrogens is 2. The van der Waals surface area contributed by atoms with E-state index in [0.717, 1.165) is 32.2 Å². The Hall–Kier alpha value is -2.09. The average Bonchev–Trinajstić information content (AvgIpc) is 3.19. The van der Waals surface area contributed by atoms with Crippen LogP contribution in [0.1, 0.15) is 66.2 Å². The maximum absolute atomic E-state index is 13.3. The number of carbonyl (C=O) groups is 1. The molecule has 1 aliphatic rings. The standard InChI is InChI=1S/C21H37N5O3/c1-5-7-12-25(17(27)14-24(6-2)16-10-8-9-11-16)18-19(22)26(13-15(3)4)21(29)23-20(18)28/h15-16H,5-14,22H2,1-4H3,(H,23,28,29). The van der Waals surface area contributed by atoms with Crippen LogP contribution >= 0.6 is 0 Å². The van der Waals surface area contributed by atoms with Gasteiger partial charge in [0.15, 0.2) is 5.69 Å². The number of unbranched alkanes of at least 4 members (excludes halogenated alkanes) is 1. The van der Waals surface area contributed by atoms with Crippen LogP contribution in [0, 0.1) is 5.92 Å². The predicted molar refractivity (Wildman–Crippen MR) is 117 cm³/mol. The van der Waals surface area contributed by atoms with Crippen molar-refractivity contribution in [1.29, 1.82) is 0 Å². The van der Waals surface area contributed by atoms with Crippen LogP contribution in [0.4, 0.5) is 11.5 Å². The van der Waals surface area contributed by atoms with Crippen LogP contribution in [-0.2, 0) is 11.3 Å². The molecule has 0 atom stereocenters. The van der Waals surface area contributed by atoms with E-state index in [1.165, 1.54) is 22.3 Å². The highest BCUT2D eigenvalue weighted by Crippen LogP contribution is 2.24. The third kappa shape index (κ3) is 5.72. The SMILES string of the molecule is CCCCN(C(=O)CN(CC)C1CCCC1)c1c(N)n(CC(C)C)c(=O)[nH]c1=O. The molecule has 3 N–H and O–H groups in total. The summed E-state index contributed by atoms with van der Waals surface area (Å²) in [7, 11) is 0. The molecule has 1 saturated carbocycles. The first-order valence-electron chi connectivity index (χ1n) is 11.0. The van der Waals surface area contributed by atoms with E-state index in [1.54, 1.807) is 0 Å². The first-order valence-corrected chi connectivity index (χ1v) is 11.0. The zero-order chi connectivity index (χ0) is 21.6. The van der Waals surface area contributed by atoms with Gasteiger partial charge in [-0.3, -0.25) is 24.0 Å². The van der Waals surface area contributed by atoms with Crippen LogP contribution in [0.25, 0.3) is 0 Å². The average molecular weight is 408 g/mol. The Morgan fingerprint density at radius 1 is 1.24 bits per heavy atom. The number of anilines is 2. The van der Waals surface area contributed by atoms with Crippen LogP contribution in [0.5, 0.6) is 0 Å². The number of rotatable bonds is 10. The lowest BCUT2D eigenvalue weighted by atomic mass is 10.2. The van der Waals surface area contributed by atoms with E-state index in [4.69, 9.17) is 5.73 Å². The molecular formula is C21H37N5O3. The molecule has 0 saturated heterocycles. The van der Waals surface area contributed by atoms with Gasteiger partial charge in [0.05, 0.1) is 6.54 Å². The summed E-state index contributed by atoms with van der Waals surface area (Å²) >= 11 is 0. The van der Waals surface area contributed by atoms with Gasteiger partial charge in [0.1, 0.15) is 5.82 Å². The van der Waals surface area contributed by atoms with Gasteiger partial charge in [0.2, 0.25) is 5.91 Å². The molecule has 0 spiro atoms. The molecule has 0 radical (unpaired) electrons. The van der Waals surface area contributed by atoms with Crippen molar-refractivity contribution in [2.75, 3.05) is 30.3 Å². The highest BCUT2D eigenvalue weighted by atomic mass is 16.2. The van der Waals surface area contributed by atoms with E-state index >= 15 is 0 Å². The summed E-state index contributed by atoms with van der Waals surface area (Å²) < 4.78 is 1.36. The van der Waals surface area contributed by atoms with Crippen molar-refractivity contribution < 1.29 is 4.79 Å². The van der Waals surface area contributed by atoms with Gasteiger partial charge in [0, 0.05) is 19.1 Å². The first-order chi connectivity index (χ1) is 13.8. The Morgan fingerprint density at radius 2 is 1.90 bits per heavy atom. The topological polar surface area (TPSA) is 104 Å². The smallest absolute Gasteiger partial charge is 0.330 e. The van der Waals surface area contributed by atoms with Gasteiger partial charge in [-0.2, -0.15) is 0 Å². The zero-order valence-corrected chi connectivity index (χ0v) is 18.4. The van der Waals surface area contributed by atoms with Crippen molar-refractivity contribution in [2.45, 2.75) is 78.8 Å². The third-order valence-electron chi connectivity index (χ3n) is 5.65. The fourth-order valence-corrected chi connectivity index (χ4v) is 4.09. The highest BCUT2D eigenvalue weighted by molar-refractivity contribution is 5.96. The summed E-state index contributed by atoms with van der Waals surface area (Å²) in [6.07, 6.45) is 6.25. The number of nitrogens with two attached hydrogens (primary N) is 1. The van der Waals surface area contributed by atoms with Crippen molar-refractivity contribution >= 4 is 17.4 Å². The molecule has 1 aromatic heterocycles. The summed E-state index contributed by atoms with van der Waals surface area (Å²) in [5, 5.41) is 0. The minimum atomic E-state index is -0.596. The van der Waals surface area contributed by atoms with Crippen LogP contribution < -0.4 is 21.9 Å². The monoisotopic (exact) mass is 407 g/mol. The number of hydrogen-bond acceptors (Lipinski definition) is 5. The van der Waals surface area contributed by atoms with E-state index in [-0.39, 0.29) is 29.9 Å². The summed E-state index contributed by atoms with van der Waals surface area (Å²) in [6.45, 7) is 9.87. The molecule has 2 rings (SSSR count). The molecule has 29 heavy (non-hydrogen) atoms. The fourth-order valence-electron chi connectivity index (χ4n) is 4.09. The highest BCUT2D eigenvalue weighted by Gasteiger charge is 2.28.